The van der Waals surface area contributed by atoms with E-state index in [9.17, 15) is 12.8 Å². The van der Waals surface area contributed by atoms with Gasteiger partial charge in [-0.05, 0) is 102 Å². The zero-order chi connectivity index (χ0) is 26.1. The SMILES string of the molecule is CN1[C@H](C2CCCCC2)CN(c2ccccc2)c2cc(C34CC(C3)C4)c(-c3ccc(F)cc3)cc2S1(=O)=O. The van der Waals surface area contributed by atoms with Crippen molar-refractivity contribution in [1.29, 1.82) is 0 Å². The van der Waals surface area contributed by atoms with Crippen molar-refractivity contribution in [2.24, 2.45) is 11.8 Å². The molecule has 0 spiro atoms. The van der Waals surface area contributed by atoms with Crippen LogP contribution >= 0.6 is 0 Å². The molecule has 1 heterocycles. The first-order chi connectivity index (χ1) is 18.4. The maximum atomic E-state index is 14.4. The van der Waals surface area contributed by atoms with Gasteiger partial charge in [0.15, 0.2) is 0 Å². The fraction of sp³-hybridized carbons (Fsp3) is 0.438. The van der Waals surface area contributed by atoms with E-state index < -0.39 is 10.0 Å². The number of halogens is 1. The van der Waals surface area contributed by atoms with Crippen LogP contribution in [0.3, 0.4) is 0 Å². The summed E-state index contributed by atoms with van der Waals surface area (Å²) in [6.45, 7) is 0.641. The van der Waals surface area contributed by atoms with Crippen LogP contribution in [0.4, 0.5) is 15.8 Å². The standard InChI is InChI=1S/C32H35FN2O2S/c1-34-30(24-8-4-2-5-9-24)21-35(26-10-6-3-7-11-26)29-17-28(32-18-22(19-32)20-32)27(16-31(29)38(34,36)37)23-12-14-25(33)15-13-23/h3,6-7,10-17,22,24,30H,2,4-5,8-9,18-21H2,1H3/t22?,30-,32?/m0/s1. The first-order valence-corrected chi connectivity index (χ1v) is 15.5. The number of hydrogen-bond donors (Lipinski definition) is 0. The third-order valence-electron chi connectivity index (χ3n) is 9.91. The van der Waals surface area contributed by atoms with Crippen LogP contribution in [0.25, 0.3) is 11.1 Å². The summed E-state index contributed by atoms with van der Waals surface area (Å²) in [5.41, 5.74) is 4.95. The van der Waals surface area contributed by atoms with Crippen LogP contribution in [0.15, 0.2) is 71.6 Å². The van der Waals surface area contributed by atoms with Gasteiger partial charge in [0, 0.05) is 25.3 Å². The molecule has 4 nitrogen and oxygen atoms in total. The molecule has 0 radical (unpaired) electrons. The lowest BCUT2D eigenvalue weighted by molar-refractivity contribution is -0.0269. The highest BCUT2D eigenvalue weighted by Gasteiger charge is 2.58. The summed E-state index contributed by atoms with van der Waals surface area (Å²) in [5.74, 6) is 0.844. The molecule has 198 valence electrons. The highest BCUT2D eigenvalue weighted by atomic mass is 32.2. The van der Waals surface area contributed by atoms with E-state index >= 15 is 0 Å². The summed E-state index contributed by atoms with van der Waals surface area (Å²) >= 11 is 0. The van der Waals surface area contributed by atoms with Gasteiger partial charge >= 0.3 is 0 Å². The Morgan fingerprint density at radius 1 is 0.895 bits per heavy atom. The third-order valence-corrected chi connectivity index (χ3v) is 11.8. The Morgan fingerprint density at radius 2 is 1.58 bits per heavy atom. The van der Waals surface area contributed by atoms with Crippen LogP contribution in [-0.4, -0.2) is 32.4 Å². The van der Waals surface area contributed by atoms with Crippen LogP contribution in [-0.2, 0) is 15.4 Å². The van der Waals surface area contributed by atoms with Crippen molar-refractivity contribution in [2.75, 3.05) is 18.5 Å². The van der Waals surface area contributed by atoms with Gasteiger partial charge in [-0.15, -0.1) is 0 Å². The molecular formula is C32H35FN2O2S. The van der Waals surface area contributed by atoms with Gasteiger partial charge in [0.2, 0.25) is 10.0 Å². The molecule has 0 amide bonds. The number of rotatable bonds is 4. The maximum absolute atomic E-state index is 14.4. The molecule has 0 saturated heterocycles. The van der Waals surface area contributed by atoms with Gasteiger partial charge in [0.1, 0.15) is 10.7 Å². The number of para-hydroxylation sites is 1. The molecule has 1 atom stereocenters. The molecule has 0 unspecified atom stereocenters. The lowest BCUT2D eigenvalue weighted by Gasteiger charge is -2.63. The van der Waals surface area contributed by atoms with Crippen molar-refractivity contribution < 1.29 is 12.8 Å². The third kappa shape index (κ3) is 3.75. The predicted molar refractivity (Wildman–Crippen MR) is 150 cm³/mol. The number of fused-ring (bicyclic) bond motifs is 1. The van der Waals surface area contributed by atoms with Crippen molar-refractivity contribution in [3.63, 3.8) is 0 Å². The van der Waals surface area contributed by atoms with Crippen molar-refractivity contribution in [3.05, 3.63) is 78.1 Å². The Kier molecular flexibility index (Phi) is 5.72. The Balaban J connectivity index is 1.45. The number of likely N-dealkylation sites (N-methyl/N-ethyl adjacent to an activating group) is 1. The average Bonchev–Trinajstić information content (AvgIpc) is 2.96. The molecule has 4 saturated carbocycles. The molecule has 38 heavy (non-hydrogen) atoms. The van der Waals surface area contributed by atoms with Crippen molar-refractivity contribution in [1.82, 2.24) is 4.31 Å². The second-order valence-corrected chi connectivity index (χ2v) is 14.0. The van der Waals surface area contributed by atoms with Crippen LogP contribution < -0.4 is 4.90 Å². The minimum absolute atomic E-state index is 0.0967. The van der Waals surface area contributed by atoms with E-state index in [1.165, 1.54) is 24.1 Å². The molecule has 0 aromatic heterocycles. The lowest BCUT2D eigenvalue weighted by Crippen LogP contribution is -2.55. The van der Waals surface area contributed by atoms with Gasteiger partial charge in [-0.25, -0.2) is 12.8 Å². The normalized spacial score (nSPS) is 28.6. The lowest BCUT2D eigenvalue weighted by atomic mass is 9.41. The highest BCUT2D eigenvalue weighted by molar-refractivity contribution is 7.89. The van der Waals surface area contributed by atoms with E-state index in [1.54, 1.807) is 23.5 Å². The first kappa shape index (κ1) is 24.3. The molecule has 4 fully saturated rings. The Labute approximate surface area is 225 Å². The molecule has 2 bridgehead atoms. The Bertz CT molecular complexity index is 1450. The monoisotopic (exact) mass is 530 g/mol. The molecule has 3 aromatic rings. The summed E-state index contributed by atoms with van der Waals surface area (Å²) in [6, 6.07) is 20.8. The van der Waals surface area contributed by atoms with Gasteiger partial charge in [-0.1, -0.05) is 49.6 Å². The Hall–Kier alpha value is -2.70. The number of anilines is 2. The average molecular weight is 531 g/mol. The molecule has 5 aliphatic rings. The number of benzene rings is 3. The topological polar surface area (TPSA) is 40.6 Å². The second-order valence-electron chi connectivity index (χ2n) is 12.1. The van der Waals surface area contributed by atoms with E-state index in [0.717, 1.165) is 73.4 Å². The molecule has 1 aliphatic heterocycles. The fourth-order valence-electron chi connectivity index (χ4n) is 7.65. The van der Waals surface area contributed by atoms with Crippen LogP contribution in [0.2, 0.25) is 0 Å². The predicted octanol–water partition coefficient (Wildman–Crippen LogP) is 7.27. The van der Waals surface area contributed by atoms with E-state index in [1.807, 2.05) is 24.3 Å². The zero-order valence-corrected chi connectivity index (χ0v) is 22.8. The van der Waals surface area contributed by atoms with E-state index in [-0.39, 0.29) is 17.3 Å². The number of hydrogen-bond acceptors (Lipinski definition) is 3. The molecule has 8 rings (SSSR count). The maximum Gasteiger partial charge on any atom is 0.245 e. The van der Waals surface area contributed by atoms with Gasteiger partial charge in [0.05, 0.1) is 5.69 Å². The van der Waals surface area contributed by atoms with Crippen molar-refractivity contribution >= 4 is 21.4 Å². The fourth-order valence-corrected chi connectivity index (χ4v) is 9.26. The van der Waals surface area contributed by atoms with E-state index in [4.69, 9.17) is 0 Å². The summed E-state index contributed by atoms with van der Waals surface area (Å²) in [7, 11) is -1.98. The van der Waals surface area contributed by atoms with Gasteiger partial charge in [-0.2, -0.15) is 4.31 Å². The van der Waals surface area contributed by atoms with Gasteiger partial charge in [-0.3, -0.25) is 0 Å². The minimum atomic E-state index is -3.76. The highest BCUT2D eigenvalue weighted by Crippen LogP contribution is 2.67. The molecule has 4 aliphatic carbocycles. The summed E-state index contributed by atoms with van der Waals surface area (Å²) < 4.78 is 44.3. The molecule has 3 aromatic carbocycles. The van der Waals surface area contributed by atoms with Crippen LogP contribution in [0.1, 0.15) is 56.9 Å². The minimum Gasteiger partial charge on any atom is -0.339 e. The number of sulfonamides is 1. The summed E-state index contributed by atoms with van der Waals surface area (Å²) in [5, 5.41) is 0. The quantitative estimate of drug-likeness (QED) is 0.356. The summed E-state index contributed by atoms with van der Waals surface area (Å²) in [4.78, 5) is 2.62. The van der Waals surface area contributed by atoms with Crippen LogP contribution in [0.5, 0.6) is 0 Å². The van der Waals surface area contributed by atoms with Crippen molar-refractivity contribution in [2.45, 2.75) is 67.7 Å². The van der Waals surface area contributed by atoms with Gasteiger partial charge in [0.25, 0.3) is 0 Å². The van der Waals surface area contributed by atoms with Crippen molar-refractivity contribution in [3.8, 4) is 11.1 Å². The van der Waals surface area contributed by atoms with Crippen LogP contribution in [0, 0.1) is 17.7 Å². The van der Waals surface area contributed by atoms with Gasteiger partial charge < -0.3 is 4.90 Å². The largest absolute Gasteiger partial charge is 0.339 e. The van der Waals surface area contributed by atoms with E-state index in [0.29, 0.717) is 17.4 Å². The zero-order valence-electron chi connectivity index (χ0n) is 21.9. The number of nitrogens with zero attached hydrogens (tertiary/aromatic N) is 2. The first-order valence-electron chi connectivity index (χ1n) is 14.1. The molecule has 6 heteroatoms. The molecule has 0 N–H and O–H groups in total. The van der Waals surface area contributed by atoms with E-state index in [2.05, 4.69) is 23.1 Å². The summed E-state index contributed by atoms with van der Waals surface area (Å²) in [6.07, 6.45) is 9.16. The Morgan fingerprint density at radius 3 is 2.21 bits per heavy atom. The molecular weight excluding hydrogens is 495 g/mol. The smallest absolute Gasteiger partial charge is 0.245 e. The second kappa shape index (κ2) is 8.92.